The Balaban J connectivity index is 3.17. The summed E-state index contributed by atoms with van der Waals surface area (Å²) in [6.45, 7) is 3.40. The summed E-state index contributed by atoms with van der Waals surface area (Å²) < 4.78 is 23.5. The summed E-state index contributed by atoms with van der Waals surface area (Å²) in [7, 11) is -3.35. The predicted octanol–water partition coefficient (Wildman–Crippen LogP) is 1.79. The quantitative estimate of drug-likeness (QED) is 0.748. The molecule has 0 aliphatic rings. The summed E-state index contributed by atoms with van der Waals surface area (Å²) >= 11 is 5.52. The molecule has 0 saturated heterocycles. The van der Waals surface area contributed by atoms with E-state index in [1.807, 2.05) is 6.92 Å². The van der Waals surface area contributed by atoms with E-state index in [1.165, 1.54) is 6.20 Å². The lowest BCUT2D eigenvalue weighted by molar-refractivity contribution is 0.584. The molecule has 0 fully saturated rings. The molecule has 0 aliphatic heterocycles. The van der Waals surface area contributed by atoms with Crippen molar-refractivity contribution >= 4 is 21.4 Å². The lowest BCUT2D eigenvalue weighted by Gasteiger charge is -2.08. The second kappa shape index (κ2) is 4.28. The maximum Gasteiger partial charge on any atom is 0.199 e. The number of hydrogen-bond donors (Lipinski definition) is 0. The molecular weight excluding hydrogens is 222 g/mol. The van der Waals surface area contributed by atoms with Crippen LogP contribution in [-0.4, -0.2) is 24.5 Å². The molecule has 5 heteroatoms. The van der Waals surface area contributed by atoms with Gasteiger partial charge >= 0.3 is 0 Å². The monoisotopic (exact) mass is 233 g/mol. The first-order valence-corrected chi connectivity index (χ1v) is 6.29. The zero-order valence-corrected chi connectivity index (χ0v) is 9.64. The molecule has 78 valence electrons. The van der Waals surface area contributed by atoms with Crippen molar-refractivity contribution in [2.75, 3.05) is 5.88 Å². The second-order valence-corrected chi connectivity index (χ2v) is 5.80. The van der Waals surface area contributed by atoms with E-state index in [0.717, 1.165) is 5.56 Å². The number of nitrogens with zero attached hydrogens (tertiary/aromatic N) is 1. The van der Waals surface area contributed by atoms with Gasteiger partial charge in [-0.25, -0.2) is 13.4 Å². The molecular formula is C9H12ClNO2S. The highest BCUT2D eigenvalue weighted by molar-refractivity contribution is 7.92. The van der Waals surface area contributed by atoms with Crippen LogP contribution in [-0.2, 0) is 9.84 Å². The standard InChI is InChI=1S/C9H12ClNO2S/c1-7-3-4-11-9(5-7)14(12,13)8(2)6-10/h3-5,8H,6H2,1-2H3. The van der Waals surface area contributed by atoms with Gasteiger partial charge in [0.2, 0.25) is 0 Å². The summed E-state index contributed by atoms with van der Waals surface area (Å²) in [5, 5.41) is -0.496. The Kier molecular flexibility index (Phi) is 3.50. The number of rotatable bonds is 3. The smallest absolute Gasteiger partial charge is 0.199 e. The number of aromatic nitrogens is 1. The van der Waals surface area contributed by atoms with Gasteiger partial charge in [0.05, 0.1) is 5.25 Å². The Morgan fingerprint density at radius 3 is 2.71 bits per heavy atom. The Morgan fingerprint density at radius 1 is 1.57 bits per heavy atom. The van der Waals surface area contributed by atoms with Gasteiger partial charge in [-0.1, -0.05) is 0 Å². The fraction of sp³-hybridized carbons (Fsp3) is 0.444. The lowest BCUT2D eigenvalue weighted by atomic mass is 10.3. The Hall–Kier alpha value is -0.610. The molecule has 1 atom stereocenters. The first-order chi connectivity index (χ1) is 6.48. The fourth-order valence-electron chi connectivity index (χ4n) is 0.953. The molecule has 14 heavy (non-hydrogen) atoms. The minimum absolute atomic E-state index is 0.0813. The van der Waals surface area contributed by atoms with Gasteiger partial charge in [-0.3, -0.25) is 0 Å². The van der Waals surface area contributed by atoms with Gasteiger partial charge in [0, 0.05) is 12.1 Å². The number of sulfone groups is 1. The summed E-state index contributed by atoms with van der Waals surface area (Å²) in [6.07, 6.45) is 1.49. The average molecular weight is 234 g/mol. The van der Waals surface area contributed by atoms with Crippen LogP contribution >= 0.6 is 11.6 Å². The van der Waals surface area contributed by atoms with E-state index >= 15 is 0 Å². The van der Waals surface area contributed by atoms with Gasteiger partial charge in [-0.15, -0.1) is 11.6 Å². The van der Waals surface area contributed by atoms with Gasteiger partial charge in [-0.05, 0) is 31.5 Å². The number of alkyl halides is 1. The van der Waals surface area contributed by atoms with Gasteiger partial charge in [0.25, 0.3) is 0 Å². The summed E-state index contributed by atoms with van der Waals surface area (Å²) in [6, 6.07) is 3.31. The molecule has 0 spiro atoms. The van der Waals surface area contributed by atoms with Crippen LogP contribution in [0.5, 0.6) is 0 Å². The molecule has 0 amide bonds. The van der Waals surface area contributed by atoms with Crippen molar-refractivity contribution in [3.63, 3.8) is 0 Å². The third kappa shape index (κ3) is 2.25. The predicted molar refractivity (Wildman–Crippen MR) is 56.3 cm³/mol. The zero-order chi connectivity index (χ0) is 10.8. The molecule has 1 heterocycles. The maximum absolute atomic E-state index is 11.8. The van der Waals surface area contributed by atoms with E-state index in [2.05, 4.69) is 4.98 Å². The number of aryl methyl sites for hydroxylation is 1. The van der Waals surface area contributed by atoms with Crippen LogP contribution in [0.1, 0.15) is 12.5 Å². The van der Waals surface area contributed by atoms with Gasteiger partial charge in [0.15, 0.2) is 14.9 Å². The molecule has 1 unspecified atom stereocenters. The Bertz CT molecular complexity index is 417. The zero-order valence-electron chi connectivity index (χ0n) is 8.07. The molecule has 1 aromatic heterocycles. The normalized spacial score (nSPS) is 13.9. The summed E-state index contributed by atoms with van der Waals surface area (Å²) in [5.74, 6) is 0.0813. The lowest BCUT2D eigenvalue weighted by Crippen LogP contribution is -2.20. The van der Waals surface area contributed by atoms with Crippen molar-refractivity contribution in [1.82, 2.24) is 4.98 Å². The molecule has 1 aromatic rings. The third-order valence-electron chi connectivity index (χ3n) is 1.93. The minimum Gasteiger partial charge on any atom is -0.245 e. The third-order valence-corrected chi connectivity index (χ3v) is 4.61. The highest BCUT2D eigenvalue weighted by Gasteiger charge is 2.23. The highest BCUT2D eigenvalue weighted by atomic mass is 35.5. The van der Waals surface area contributed by atoms with Crippen molar-refractivity contribution in [3.05, 3.63) is 23.9 Å². The highest BCUT2D eigenvalue weighted by Crippen LogP contribution is 2.15. The van der Waals surface area contributed by atoms with Crippen molar-refractivity contribution in [1.29, 1.82) is 0 Å². The first-order valence-electron chi connectivity index (χ1n) is 4.21. The molecule has 0 bridgehead atoms. The summed E-state index contributed by atoms with van der Waals surface area (Å²) in [5.41, 5.74) is 0.875. The van der Waals surface area contributed by atoms with Crippen LogP contribution in [0.4, 0.5) is 0 Å². The van der Waals surface area contributed by atoms with Gasteiger partial charge in [0.1, 0.15) is 0 Å². The van der Waals surface area contributed by atoms with E-state index in [9.17, 15) is 8.42 Å². The average Bonchev–Trinajstić information content (AvgIpc) is 2.16. The van der Waals surface area contributed by atoms with E-state index < -0.39 is 15.1 Å². The summed E-state index contributed by atoms with van der Waals surface area (Å²) in [4.78, 5) is 3.83. The number of pyridine rings is 1. The molecule has 0 aliphatic carbocycles. The van der Waals surface area contributed by atoms with E-state index in [1.54, 1.807) is 19.1 Å². The largest absolute Gasteiger partial charge is 0.245 e. The molecule has 1 rings (SSSR count). The molecule has 0 N–H and O–H groups in total. The Morgan fingerprint density at radius 2 is 2.21 bits per heavy atom. The van der Waals surface area contributed by atoms with Crippen molar-refractivity contribution < 1.29 is 8.42 Å². The van der Waals surface area contributed by atoms with Crippen molar-refractivity contribution in [2.45, 2.75) is 24.1 Å². The molecule has 0 saturated carbocycles. The maximum atomic E-state index is 11.8. The van der Waals surface area contributed by atoms with Crippen LogP contribution in [0.15, 0.2) is 23.4 Å². The topological polar surface area (TPSA) is 47.0 Å². The first kappa shape index (κ1) is 11.5. The fourth-order valence-corrected chi connectivity index (χ4v) is 2.59. The molecule has 0 aromatic carbocycles. The molecule has 3 nitrogen and oxygen atoms in total. The van der Waals surface area contributed by atoms with E-state index in [4.69, 9.17) is 11.6 Å². The van der Waals surface area contributed by atoms with E-state index in [0.29, 0.717) is 0 Å². The van der Waals surface area contributed by atoms with Crippen molar-refractivity contribution in [2.24, 2.45) is 0 Å². The van der Waals surface area contributed by atoms with E-state index in [-0.39, 0.29) is 10.9 Å². The van der Waals surface area contributed by atoms with Crippen LogP contribution in [0, 0.1) is 6.92 Å². The van der Waals surface area contributed by atoms with Crippen LogP contribution in [0.3, 0.4) is 0 Å². The number of halogens is 1. The number of hydrogen-bond acceptors (Lipinski definition) is 3. The second-order valence-electron chi connectivity index (χ2n) is 3.18. The van der Waals surface area contributed by atoms with Crippen LogP contribution in [0.25, 0.3) is 0 Å². The minimum atomic E-state index is -3.35. The van der Waals surface area contributed by atoms with Crippen molar-refractivity contribution in [3.8, 4) is 0 Å². The SMILES string of the molecule is Cc1ccnc(S(=O)(=O)C(C)CCl)c1. The van der Waals surface area contributed by atoms with Crippen LogP contribution < -0.4 is 0 Å². The van der Waals surface area contributed by atoms with Gasteiger partial charge in [-0.2, -0.15) is 0 Å². The molecule has 0 radical (unpaired) electrons. The Labute approximate surface area is 89.0 Å². The van der Waals surface area contributed by atoms with Crippen LogP contribution in [0.2, 0.25) is 0 Å². The van der Waals surface area contributed by atoms with Gasteiger partial charge < -0.3 is 0 Å².